The van der Waals surface area contributed by atoms with Crippen molar-refractivity contribution in [3.63, 3.8) is 0 Å². The van der Waals surface area contributed by atoms with E-state index in [0.29, 0.717) is 29.6 Å². The molecule has 29 heavy (non-hydrogen) atoms. The molecule has 150 valence electrons. The van der Waals surface area contributed by atoms with Gasteiger partial charge >= 0.3 is 0 Å². The van der Waals surface area contributed by atoms with Crippen LogP contribution in [0.1, 0.15) is 23.2 Å². The fraction of sp³-hybridized carbons (Fsp3) is 0.250. The Hall–Kier alpha value is -2.68. The number of aromatic nitrogens is 3. The molecule has 4 aromatic rings. The number of unbranched alkanes of at least 4 members (excludes halogenated alkanes) is 1. The van der Waals surface area contributed by atoms with Gasteiger partial charge in [0, 0.05) is 24.2 Å². The lowest BCUT2D eigenvalue weighted by molar-refractivity contribution is 0.0953. The molecule has 7 nitrogen and oxygen atoms in total. The standard InChI is InChI=1S/C20H21ClN6OS/c1-27-16-7-4-12(18(28)23-9-3-2-8-22)10-15(16)24-19(27)26-20-25-14-6-5-13(21)11-17(14)29-20/h4-7,10-11H,2-3,8-9,22H2,1H3,(H,23,28)(H,24,25,26). The number of fused-ring (bicyclic) bond motifs is 2. The molecule has 4 rings (SSSR count). The summed E-state index contributed by atoms with van der Waals surface area (Å²) >= 11 is 7.57. The van der Waals surface area contributed by atoms with E-state index >= 15 is 0 Å². The molecule has 0 unspecified atom stereocenters. The zero-order chi connectivity index (χ0) is 20.4. The quantitative estimate of drug-likeness (QED) is 0.386. The fourth-order valence-electron chi connectivity index (χ4n) is 3.07. The molecule has 0 fully saturated rings. The molecule has 0 saturated carbocycles. The molecular weight excluding hydrogens is 408 g/mol. The molecule has 0 bridgehead atoms. The molecule has 0 aliphatic heterocycles. The number of hydrogen-bond acceptors (Lipinski definition) is 6. The van der Waals surface area contributed by atoms with Crippen LogP contribution in [0.15, 0.2) is 36.4 Å². The minimum Gasteiger partial charge on any atom is -0.352 e. The van der Waals surface area contributed by atoms with Crippen molar-refractivity contribution >= 4 is 61.2 Å². The van der Waals surface area contributed by atoms with Crippen LogP contribution >= 0.6 is 22.9 Å². The number of anilines is 2. The van der Waals surface area contributed by atoms with Crippen LogP contribution in [0.5, 0.6) is 0 Å². The first-order valence-corrected chi connectivity index (χ1v) is 10.5. The molecule has 2 heterocycles. The van der Waals surface area contributed by atoms with Crippen molar-refractivity contribution in [1.82, 2.24) is 19.9 Å². The zero-order valence-corrected chi connectivity index (χ0v) is 17.5. The molecule has 9 heteroatoms. The lowest BCUT2D eigenvalue weighted by atomic mass is 10.2. The third-order valence-corrected chi connectivity index (χ3v) is 5.80. The lowest BCUT2D eigenvalue weighted by Crippen LogP contribution is -2.24. The largest absolute Gasteiger partial charge is 0.352 e. The summed E-state index contributed by atoms with van der Waals surface area (Å²) in [5.74, 6) is 0.554. The van der Waals surface area contributed by atoms with E-state index in [-0.39, 0.29) is 5.91 Å². The zero-order valence-electron chi connectivity index (χ0n) is 15.9. The van der Waals surface area contributed by atoms with Crippen molar-refractivity contribution in [2.45, 2.75) is 12.8 Å². The Morgan fingerprint density at radius 3 is 2.86 bits per heavy atom. The van der Waals surface area contributed by atoms with Crippen molar-refractivity contribution in [2.75, 3.05) is 18.4 Å². The number of aryl methyl sites for hydroxylation is 1. The van der Waals surface area contributed by atoms with E-state index in [0.717, 1.165) is 39.2 Å². The molecule has 0 spiro atoms. The van der Waals surface area contributed by atoms with Gasteiger partial charge in [-0.15, -0.1) is 0 Å². The third kappa shape index (κ3) is 4.19. The molecule has 4 N–H and O–H groups in total. The highest BCUT2D eigenvalue weighted by atomic mass is 35.5. The van der Waals surface area contributed by atoms with Gasteiger partial charge in [0.05, 0.1) is 21.3 Å². The molecule has 0 atom stereocenters. The highest BCUT2D eigenvalue weighted by molar-refractivity contribution is 7.22. The highest BCUT2D eigenvalue weighted by Crippen LogP contribution is 2.31. The molecule has 2 aromatic carbocycles. The van der Waals surface area contributed by atoms with E-state index in [1.807, 2.05) is 41.9 Å². The second kappa shape index (κ2) is 8.36. The Kier molecular flexibility index (Phi) is 5.66. The summed E-state index contributed by atoms with van der Waals surface area (Å²) in [6, 6.07) is 11.1. The number of carbonyl (C=O) groups is 1. The Bertz CT molecular complexity index is 1180. The van der Waals surface area contributed by atoms with Crippen molar-refractivity contribution in [2.24, 2.45) is 12.8 Å². The number of nitrogens with zero attached hydrogens (tertiary/aromatic N) is 3. The van der Waals surface area contributed by atoms with Gasteiger partial charge in [0.1, 0.15) is 0 Å². The predicted octanol–water partition coefficient (Wildman–Crippen LogP) is 4.05. The van der Waals surface area contributed by atoms with Crippen LogP contribution in [0.4, 0.5) is 11.1 Å². The first-order valence-electron chi connectivity index (χ1n) is 9.33. The summed E-state index contributed by atoms with van der Waals surface area (Å²) in [5.41, 5.74) is 8.62. The second-order valence-electron chi connectivity index (χ2n) is 6.71. The number of rotatable bonds is 7. The van der Waals surface area contributed by atoms with Crippen molar-refractivity contribution < 1.29 is 4.79 Å². The van der Waals surface area contributed by atoms with Gasteiger partial charge in [0.15, 0.2) is 5.13 Å². The van der Waals surface area contributed by atoms with E-state index in [4.69, 9.17) is 17.3 Å². The number of hydrogen-bond donors (Lipinski definition) is 3. The van der Waals surface area contributed by atoms with Crippen molar-refractivity contribution in [3.8, 4) is 0 Å². The van der Waals surface area contributed by atoms with Crippen LogP contribution in [0.25, 0.3) is 21.3 Å². The van der Waals surface area contributed by atoms with Gasteiger partial charge in [-0.25, -0.2) is 9.97 Å². The summed E-state index contributed by atoms with van der Waals surface area (Å²) in [4.78, 5) is 21.6. The van der Waals surface area contributed by atoms with Crippen LogP contribution in [0.3, 0.4) is 0 Å². The molecule has 0 aliphatic carbocycles. The van der Waals surface area contributed by atoms with Crippen LogP contribution in [-0.4, -0.2) is 33.5 Å². The van der Waals surface area contributed by atoms with Crippen LogP contribution < -0.4 is 16.4 Å². The average Bonchev–Trinajstić information content (AvgIpc) is 3.25. The summed E-state index contributed by atoms with van der Waals surface area (Å²) < 4.78 is 2.95. The molecule has 0 radical (unpaired) electrons. The van der Waals surface area contributed by atoms with Crippen LogP contribution in [-0.2, 0) is 7.05 Å². The van der Waals surface area contributed by atoms with Gasteiger partial charge in [0.25, 0.3) is 5.91 Å². The van der Waals surface area contributed by atoms with Gasteiger partial charge in [-0.3, -0.25) is 4.79 Å². The summed E-state index contributed by atoms with van der Waals surface area (Å²) in [6.07, 6.45) is 1.77. The number of imidazole rings is 1. The monoisotopic (exact) mass is 428 g/mol. The number of amides is 1. The van der Waals surface area contributed by atoms with E-state index in [2.05, 4.69) is 20.6 Å². The van der Waals surface area contributed by atoms with Gasteiger partial charge in [-0.2, -0.15) is 0 Å². The van der Waals surface area contributed by atoms with Crippen molar-refractivity contribution in [3.05, 3.63) is 47.0 Å². The van der Waals surface area contributed by atoms with E-state index < -0.39 is 0 Å². The average molecular weight is 429 g/mol. The summed E-state index contributed by atoms with van der Waals surface area (Å²) in [5, 5.41) is 7.61. The number of nitrogens with two attached hydrogens (primary N) is 1. The Morgan fingerprint density at radius 1 is 1.17 bits per heavy atom. The third-order valence-electron chi connectivity index (χ3n) is 4.63. The molecule has 0 saturated heterocycles. The van der Waals surface area contributed by atoms with E-state index in [1.165, 1.54) is 11.3 Å². The van der Waals surface area contributed by atoms with Crippen LogP contribution in [0, 0.1) is 0 Å². The summed E-state index contributed by atoms with van der Waals surface area (Å²) in [6.45, 7) is 1.25. The molecule has 1 amide bonds. The normalized spacial score (nSPS) is 11.3. The minimum atomic E-state index is -0.105. The van der Waals surface area contributed by atoms with E-state index in [1.54, 1.807) is 6.07 Å². The van der Waals surface area contributed by atoms with Gasteiger partial charge in [0.2, 0.25) is 5.95 Å². The minimum absolute atomic E-state index is 0.105. The second-order valence-corrected chi connectivity index (χ2v) is 8.17. The van der Waals surface area contributed by atoms with Crippen LogP contribution in [0.2, 0.25) is 5.02 Å². The number of nitrogens with one attached hydrogen (secondary N) is 2. The topological polar surface area (TPSA) is 97.9 Å². The fourth-order valence-corrected chi connectivity index (χ4v) is 4.21. The van der Waals surface area contributed by atoms with E-state index in [9.17, 15) is 4.79 Å². The maximum absolute atomic E-state index is 12.3. The first-order chi connectivity index (χ1) is 14.0. The Labute approximate surface area is 176 Å². The number of thiazole rings is 1. The van der Waals surface area contributed by atoms with Gasteiger partial charge in [-0.05, 0) is 55.8 Å². The first kappa shape index (κ1) is 19.6. The van der Waals surface area contributed by atoms with Gasteiger partial charge < -0.3 is 20.9 Å². The lowest BCUT2D eigenvalue weighted by Gasteiger charge is -2.05. The van der Waals surface area contributed by atoms with Gasteiger partial charge in [-0.1, -0.05) is 22.9 Å². The highest BCUT2D eigenvalue weighted by Gasteiger charge is 2.13. The number of halogens is 1. The Balaban J connectivity index is 1.55. The molecule has 2 aromatic heterocycles. The number of carbonyl (C=O) groups excluding carboxylic acids is 1. The SMILES string of the molecule is Cn1c(Nc2nc3ccc(Cl)cc3s2)nc2cc(C(=O)NCCCCN)ccc21. The Morgan fingerprint density at radius 2 is 2.03 bits per heavy atom. The molecule has 0 aliphatic rings. The summed E-state index contributed by atoms with van der Waals surface area (Å²) in [7, 11) is 1.93. The smallest absolute Gasteiger partial charge is 0.251 e. The number of benzene rings is 2. The maximum atomic E-state index is 12.3. The maximum Gasteiger partial charge on any atom is 0.251 e. The predicted molar refractivity (Wildman–Crippen MR) is 119 cm³/mol. The van der Waals surface area contributed by atoms with Crippen molar-refractivity contribution in [1.29, 1.82) is 0 Å². The molecular formula is C20H21ClN6OS.